The van der Waals surface area contributed by atoms with Crippen LogP contribution in [0.2, 0.25) is 0 Å². The molecule has 25 heavy (non-hydrogen) atoms. The molecule has 0 spiro atoms. The quantitative estimate of drug-likeness (QED) is 0.571. The van der Waals surface area contributed by atoms with Gasteiger partial charge in [-0.15, -0.1) is 0 Å². The number of rotatable bonds is 9. The van der Waals surface area contributed by atoms with Crippen LogP contribution < -0.4 is 10.1 Å². The largest absolute Gasteiger partial charge is 0.497 e. The summed E-state index contributed by atoms with van der Waals surface area (Å²) in [4.78, 5) is 0. The van der Waals surface area contributed by atoms with E-state index >= 15 is 0 Å². The number of methoxy groups -OCH3 is 1. The zero-order chi connectivity index (χ0) is 17.3. The lowest BCUT2D eigenvalue weighted by Crippen LogP contribution is -2.18. The van der Waals surface area contributed by atoms with Crippen molar-refractivity contribution in [2.24, 2.45) is 0 Å². The van der Waals surface area contributed by atoms with E-state index in [2.05, 4.69) is 47.8 Å². The highest BCUT2D eigenvalue weighted by Gasteiger charge is 2.13. The SMILES string of the molecule is COc1ccc([C@@H](CCNCc2ccco2)Cc2ccccc2)cc1. The number of furan rings is 1. The van der Waals surface area contributed by atoms with Gasteiger partial charge < -0.3 is 14.5 Å². The molecule has 3 aromatic rings. The summed E-state index contributed by atoms with van der Waals surface area (Å²) in [6.07, 6.45) is 3.82. The molecule has 0 amide bonds. The molecule has 3 heteroatoms. The highest BCUT2D eigenvalue weighted by atomic mass is 16.5. The van der Waals surface area contributed by atoms with Crippen LogP contribution in [0.25, 0.3) is 0 Å². The molecule has 0 aliphatic carbocycles. The van der Waals surface area contributed by atoms with E-state index in [1.807, 2.05) is 24.3 Å². The predicted octanol–water partition coefficient (Wildman–Crippen LogP) is 4.79. The minimum absolute atomic E-state index is 0.470. The highest BCUT2D eigenvalue weighted by Crippen LogP contribution is 2.26. The van der Waals surface area contributed by atoms with E-state index in [4.69, 9.17) is 9.15 Å². The van der Waals surface area contributed by atoms with E-state index in [1.165, 1.54) is 11.1 Å². The Morgan fingerprint density at radius 2 is 1.76 bits per heavy atom. The van der Waals surface area contributed by atoms with Gasteiger partial charge in [0.25, 0.3) is 0 Å². The smallest absolute Gasteiger partial charge is 0.118 e. The van der Waals surface area contributed by atoms with Crippen molar-refractivity contribution in [2.75, 3.05) is 13.7 Å². The Balaban J connectivity index is 1.62. The van der Waals surface area contributed by atoms with Crippen LogP contribution in [-0.4, -0.2) is 13.7 Å². The zero-order valence-corrected chi connectivity index (χ0v) is 14.7. The summed E-state index contributed by atoms with van der Waals surface area (Å²) in [5.41, 5.74) is 2.72. The summed E-state index contributed by atoms with van der Waals surface area (Å²) in [5, 5.41) is 3.48. The maximum absolute atomic E-state index is 5.37. The van der Waals surface area contributed by atoms with Crippen LogP contribution in [0.15, 0.2) is 77.4 Å². The fraction of sp³-hybridized carbons (Fsp3) is 0.273. The molecule has 2 aromatic carbocycles. The van der Waals surface area contributed by atoms with Crippen molar-refractivity contribution in [3.05, 3.63) is 89.9 Å². The lowest BCUT2D eigenvalue weighted by molar-refractivity contribution is 0.414. The van der Waals surface area contributed by atoms with Crippen LogP contribution in [0.3, 0.4) is 0 Å². The lowest BCUT2D eigenvalue weighted by atomic mass is 9.89. The third-order valence-electron chi connectivity index (χ3n) is 4.46. The maximum Gasteiger partial charge on any atom is 0.118 e. The van der Waals surface area contributed by atoms with E-state index in [0.29, 0.717) is 5.92 Å². The van der Waals surface area contributed by atoms with Crippen molar-refractivity contribution in [1.29, 1.82) is 0 Å². The summed E-state index contributed by atoms with van der Waals surface area (Å²) in [7, 11) is 1.70. The Hall–Kier alpha value is -2.52. The van der Waals surface area contributed by atoms with Gasteiger partial charge in [0.15, 0.2) is 0 Å². The summed E-state index contributed by atoms with van der Waals surface area (Å²) in [6.45, 7) is 1.72. The summed E-state index contributed by atoms with van der Waals surface area (Å²) in [6, 6.07) is 23.1. The van der Waals surface area contributed by atoms with Gasteiger partial charge in [0.05, 0.1) is 19.9 Å². The van der Waals surface area contributed by atoms with Gasteiger partial charge in [-0.1, -0.05) is 42.5 Å². The fourth-order valence-electron chi connectivity index (χ4n) is 3.06. The van der Waals surface area contributed by atoms with Crippen LogP contribution in [0.1, 0.15) is 29.2 Å². The molecule has 0 fully saturated rings. The number of nitrogens with one attached hydrogen (secondary N) is 1. The van der Waals surface area contributed by atoms with E-state index in [-0.39, 0.29) is 0 Å². The molecule has 0 saturated heterocycles. The second-order valence-electron chi connectivity index (χ2n) is 6.20. The number of hydrogen-bond acceptors (Lipinski definition) is 3. The zero-order valence-electron chi connectivity index (χ0n) is 14.7. The Labute approximate surface area is 149 Å². The average molecular weight is 335 g/mol. The van der Waals surface area contributed by atoms with Gasteiger partial charge in [0.1, 0.15) is 11.5 Å². The first-order valence-electron chi connectivity index (χ1n) is 8.76. The van der Waals surface area contributed by atoms with Crippen LogP contribution in [0, 0.1) is 0 Å². The third kappa shape index (κ3) is 5.23. The molecule has 0 bridgehead atoms. The van der Waals surface area contributed by atoms with Crippen molar-refractivity contribution in [2.45, 2.75) is 25.3 Å². The molecule has 0 aliphatic heterocycles. The molecule has 3 nitrogen and oxygen atoms in total. The van der Waals surface area contributed by atoms with Gasteiger partial charge in [-0.25, -0.2) is 0 Å². The molecule has 0 saturated carbocycles. The first-order valence-corrected chi connectivity index (χ1v) is 8.76. The molecule has 130 valence electrons. The molecule has 1 aromatic heterocycles. The second kappa shape index (κ2) is 9.09. The topological polar surface area (TPSA) is 34.4 Å². The first-order chi connectivity index (χ1) is 12.3. The van der Waals surface area contributed by atoms with Gasteiger partial charge in [-0.05, 0) is 60.7 Å². The second-order valence-corrected chi connectivity index (χ2v) is 6.20. The maximum atomic E-state index is 5.37. The van der Waals surface area contributed by atoms with Gasteiger partial charge >= 0.3 is 0 Å². The molecule has 1 N–H and O–H groups in total. The van der Waals surface area contributed by atoms with Crippen LogP contribution in [0.5, 0.6) is 5.75 Å². The van der Waals surface area contributed by atoms with Crippen molar-refractivity contribution < 1.29 is 9.15 Å². The van der Waals surface area contributed by atoms with Gasteiger partial charge in [0, 0.05) is 0 Å². The fourth-order valence-corrected chi connectivity index (χ4v) is 3.06. The first kappa shape index (κ1) is 17.3. The summed E-state index contributed by atoms with van der Waals surface area (Å²) >= 11 is 0. The van der Waals surface area contributed by atoms with E-state index in [9.17, 15) is 0 Å². The van der Waals surface area contributed by atoms with Crippen molar-refractivity contribution in [3.8, 4) is 5.75 Å². The molecule has 1 heterocycles. The Morgan fingerprint density at radius 3 is 2.44 bits per heavy atom. The Morgan fingerprint density at radius 1 is 0.960 bits per heavy atom. The Bertz CT molecular complexity index is 720. The lowest BCUT2D eigenvalue weighted by Gasteiger charge is -2.18. The number of ether oxygens (including phenoxy) is 1. The molecule has 1 atom stereocenters. The van der Waals surface area contributed by atoms with Crippen LogP contribution in [0.4, 0.5) is 0 Å². The summed E-state index contributed by atoms with van der Waals surface area (Å²) < 4.78 is 10.7. The molecular weight excluding hydrogens is 310 g/mol. The van der Waals surface area contributed by atoms with E-state index < -0.39 is 0 Å². The van der Waals surface area contributed by atoms with Gasteiger partial charge in [-0.3, -0.25) is 0 Å². The minimum Gasteiger partial charge on any atom is -0.497 e. The van der Waals surface area contributed by atoms with E-state index in [1.54, 1.807) is 13.4 Å². The molecular formula is C22H25NO2. The molecule has 0 unspecified atom stereocenters. The number of benzene rings is 2. The standard InChI is InChI=1S/C22H25NO2/c1-24-21-11-9-19(10-12-21)20(16-18-6-3-2-4-7-18)13-14-23-17-22-8-5-15-25-22/h2-12,15,20,23H,13-14,16-17H2,1H3/t20-/m0/s1. The van der Waals surface area contributed by atoms with Crippen molar-refractivity contribution >= 4 is 0 Å². The molecule has 0 aliphatic rings. The average Bonchev–Trinajstić information content (AvgIpc) is 3.19. The van der Waals surface area contributed by atoms with Gasteiger partial charge in [0.2, 0.25) is 0 Å². The van der Waals surface area contributed by atoms with Crippen LogP contribution in [-0.2, 0) is 13.0 Å². The van der Waals surface area contributed by atoms with Crippen molar-refractivity contribution in [1.82, 2.24) is 5.32 Å². The van der Waals surface area contributed by atoms with Crippen molar-refractivity contribution in [3.63, 3.8) is 0 Å². The van der Waals surface area contributed by atoms with Gasteiger partial charge in [-0.2, -0.15) is 0 Å². The monoisotopic (exact) mass is 335 g/mol. The molecule has 3 rings (SSSR count). The Kier molecular flexibility index (Phi) is 6.29. The normalized spacial score (nSPS) is 12.0. The summed E-state index contributed by atoms with van der Waals surface area (Å²) in [5.74, 6) is 2.35. The van der Waals surface area contributed by atoms with E-state index in [0.717, 1.165) is 37.4 Å². The van der Waals surface area contributed by atoms with Crippen LogP contribution >= 0.6 is 0 Å². The predicted molar refractivity (Wildman–Crippen MR) is 101 cm³/mol. The minimum atomic E-state index is 0.470. The third-order valence-corrected chi connectivity index (χ3v) is 4.46. The molecule has 0 radical (unpaired) electrons. The highest BCUT2D eigenvalue weighted by molar-refractivity contribution is 5.31. The number of hydrogen-bond donors (Lipinski definition) is 1.